The van der Waals surface area contributed by atoms with Crippen LogP contribution in [0, 0.1) is 0 Å². The smallest absolute Gasteiger partial charge is 0.253 e. The lowest BCUT2D eigenvalue weighted by Crippen LogP contribution is -2.55. The number of amides is 2. The first-order valence-corrected chi connectivity index (χ1v) is 12.2. The van der Waals surface area contributed by atoms with Crippen molar-refractivity contribution in [3.05, 3.63) is 29.8 Å². The number of unbranched alkanes of at least 4 members (excludes halogenated alkanes) is 1. The van der Waals surface area contributed by atoms with Gasteiger partial charge in [0.25, 0.3) is 5.91 Å². The number of ether oxygens (including phenoxy) is 1. The first-order valence-electron chi connectivity index (χ1n) is 11.2. The molecule has 0 unspecified atom stereocenters. The second-order valence-electron chi connectivity index (χ2n) is 8.34. The highest BCUT2D eigenvalue weighted by atomic mass is 32.2. The highest BCUT2D eigenvalue weighted by molar-refractivity contribution is 8.01. The molecule has 0 aliphatic carbocycles. The summed E-state index contributed by atoms with van der Waals surface area (Å²) in [4.78, 5) is 27.2. The molecule has 7 heteroatoms. The van der Waals surface area contributed by atoms with Crippen molar-refractivity contribution in [1.29, 1.82) is 0 Å². The normalized spacial score (nSPS) is 21.4. The van der Waals surface area contributed by atoms with Crippen molar-refractivity contribution in [2.45, 2.75) is 69.8 Å². The van der Waals surface area contributed by atoms with E-state index in [1.54, 1.807) is 0 Å². The van der Waals surface area contributed by atoms with Gasteiger partial charge in [-0.1, -0.05) is 20.3 Å². The molecule has 2 heterocycles. The van der Waals surface area contributed by atoms with Crippen LogP contribution in [0.5, 0.6) is 5.75 Å². The van der Waals surface area contributed by atoms with Crippen molar-refractivity contribution in [1.82, 2.24) is 15.5 Å². The Labute approximate surface area is 184 Å². The summed E-state index contributed by atoms with van der Waals surface area (Å²) in [7, 11) is 0. The number of benzene rings is 1. The summed E-state index contributed by atoms with van der Waals surface area (Å²) in [5, 5.41) is 6.64. The fraction of sp³-hybridized carbons (Fsp3) is 0.652. The molecule has 1 aromatic carbocycles. The number of hydrogen-bond donors (Lipinski definition) is 2. The van der Waals surface area contributed by atoms with E-state index in [9.17, 15) is 9.59 Å². The molecule has 1 spiro atoms. The molecule has 0 radical (unpaired) electrons. The van der Waals surface area contributed by atoms with Crippen molar-refractivity contribution < 1.29 is 14.3 Å². The summed E-state index contributed by atoms with van der Waals surface area (Å²) in [5.74, 6) is 1.76. The van der Waals surface area contributed by atoms with E-state index in [0.29, 0.717) is 25.3 Å². The van der Waals surface area contributed by atoms with Crippen molar-refractivity contribution in [2.24, 2.45) is 0 Å². The molecule has 30 heavy (non-hydrogen) atoms. The van der Waals surface area contributed by atoms with Gasteiger partial charge >= 0.3 is 0 Å². The molecular weight excluding hydrogens is 398 g/mol. The fourth-order valence-electron chi connectivity index (χ4n) is 3.80. The average molecular weight is 434 g/mol. The lowest BCUT2D eigenvalue weighted by Gasteiger charge is -2.39. The highest BCUT2D eigenvalue weighted by Gasteiger charge is 2.44. The van der Waals surface area contributed by atoms with E-state index < -0.39 is 0 Å². The van der Waals surface area contributed by atoms with Crippen LogP contribution in [0.4, 0.5) is 0 Å². The van der Waals surface area contributed by atoms with E-state index in [-0.39, 0.29) is 28.8 Å². The molecule has 0 aromatic heterocycles. The molecule has 0 saturated carbocycles. The van der Waals surface area contributed by atoms with Gasteiger partial charge in [0.05, 0.1) is 17.5 Å². The number of nitrogens with one attached hydrogen (secondary N) is 2. The highest BCUT2D eigenvalue weighted by Crippen LogP contribution is 2.39. The lowest BCUT2D eigenvalue weighted by atomic mass is 10.0. The minimum absolute atomic E-state index is 0.0685. The molecular formula is C23H35N3O3S. The second kappa shape index (κ2) is 10.5. The summed E-state index contributed by atoms with van der Waals surface area (Å²) in [6, 6.07) is 7.51. The second-order valence-corrected chi connectivity index (χ2v) is 9.74. The van der Waals surface area contributed by atoms with Crippen LogP contribution in [0.1, 0.15) is 63.2 Å². The summed E-state index contributed by atoms with van der Waals surface area (Å²) < 4.78 is 5.68. The number of carbonyl (C=O) groups excluding carboxylic acids is 2. The van der Waals surface area contributed by atoms with Gasteiger partial charge in [0.2, 0.25) is 5.91 Å². The van der Waals surface area contributed by atoms with Gasteiger partial charge < -0.3 is 15.0 Å². The molecule has 2 fully saturated rings. The van der Waals surface area contributed by atoms with Gasteiger partial charge in [-0.05, 0) is 56.9 Å². The zero-order chi connectivity index (χ0) is 21.6. The molecule has 2 N–H and O–H groups in total. The summed E-state index contributed by atoms with van der Waals surface area (Å²) in [6.07, 6.45) is 4.77. The van der Waals surface area contributed by atoms with E-state index in [1.807, 2.05) is 47.9 Å². The zero-order valence-corrected chi connectivity index (χ0v) is 19.2. The molecule has 0 bridgehead atoms. The van der Waals surface area contributed by atoms with Crippen LogP contribution in [0.15, 0.2) is 24.3 Å². The van der Waals surface area contributed by atoms with Crippen molar-refractivity contribution in [2.75, 3.05) is 25.4 Å². The average Bonchev–Trinajstić information content (AvgIpc) is 3.18. The van der Waals surface area contributed by atoms with Gasteiger partial charge in [-0.25, -0.2) is 0 Å². The van der Waals surface area contributed by atoms with Gasteiger partial charge in [-0.2, -0.15) is 0 Å². The van der Waals surface area contributed by atoms with Crippen LogP contribution in [-0.4, -0.2) is 59.1 Å². The largest absolute Gasteiger partial charge is 0.494 e. The molecule has 2 atom stereocenters. The Balaban J connectivity index is 1.49. The molecule has 166 valence electrons. The monoisotopic (exact) mass is 433 g/mol. The SMILES string of the molecule is CCCCOc1ccc(C(=O)N2CCC3(CC2)N[C@@H](C(=O)N[C@@H](C)CC)CS3)cc1. The first kappa shape index (κ1) is 22.9. The predicted molar refractivity (Wildman–Crippen MR) is 122 cm³/mol. The Kier molecular flexibility index (Phi) is 8.06. The molecule has 3 rings (SSSR count). The maximum Gasteiger partial charge on any atom is 0.253 e. The van der Waals surface area contributed by atoms with Crippen LogP contribution in [0.25, 0.3) is 0 Å². The summed E-state index contributed by atoms with van der Waals surface area (Å²) in [6.45, 7) is 8.35. The third kappa shape index (κ3) is 5.70. The van der Waals surface area contributed by atoms with Crippen LogP contribution < -0.4 is 15.4 Å². The molecule has 6 nitrogen and oxygen atoms in total. The van der Waals surface area contributed by atoms with Crippen LogP contribution >= 0.6 is 11.8 Å². The van der Waals surface area contributed by atoms with Crippen LogP contribution in [0.3, 0.4) is 0 Å². The predicted octanol–water partition coefficient (Wildman–Crippen LogP) is 3.42. The first-order chi connectivity index (χ1) is 14.5. The van der Waals surface area contributed by atoms with Gasteiger partial charge in [-0.3, -0.25) is 14.9 Å². The van der Waals surface area contributed by atoms with E-state index in [2.05, 4.69) is 24.5 Å². The third-order valence-electron chi connectivity index (χ3n) is 6.01. The maximum atomic E-state index is 12.9. The lowest BCUT2D eigenvalue weighted by molar-refractivity contribution is -0.123. The fourth-order valence-corrected chi connectivity index (χ4v) is 5.22. The Morgan fingerprint density at radius 1 is 1.27 bits per heavy atom. The van der Waals surface area contributed by atoms with Gasteiger partial charge in [0, 0.05) is 30.4 Å². The topological polar surface area (TPSA) is 70.7 Å². The Bertz CT molecular complexity index is 717. The summed E-state index contributed by atoms with van der Waals surface area (Å²) in [5.41, 5.74) is 0.701. The minimum Gasteiger partial charge on any atom is -0.494 e. The van der Waals surface area contributed by atoms with Gasteiger partial charge in [0.15, 0.2) is 0 Å². The Hall–Kier alpha value is -1.73. The van der Waals surface area contributed by atoms with Gasteiger partial charge in [-0.15, -0.1) is 11.8 Å². The van der Waals surface area contributed by atoms with E-state index >= 15 is 0 Å². The molecule has 2 amide bonds. The van der Waals surface area contributed by atoms with E-state index in [4.69, 9.17) is 4.74 Å². The minimum atomic E-state index is -0.147. The van der Waals surface area contributed by atoms with Crippen molar-refractivity contribution >= 4 is 23.6 Å². The quantitative estimate of drug-likeness (QED) is 0.615. The standard InChI is InChI=1S/C23H35N3O3S/c1-4-6-15-29-19-9-7-18(8-10-19)22(28)26-13-11-23(12-14-26)25-20(16-30-23)21(27)24-17(3)5-2/h7-10,17,20,25H,4-6,11-16H2,1-3H3,(H,24,27)/t17-,20+/m0/s1. The molecule has 1 aromatic rings. The Morgan fingerprint density at radius 3 is 2.60 bits per heavy atom. The number of likely N-dealkylation sites (tertiary alicyclic amines) is 1. The van der Waals surface area contributed by atoms with Crippen molar-refractivity contribution in [3.63, 3.8) is 0 Å². The number of carbonyl (C=O) groups is 2. The number of rotatable bonds is 8. The molecule has 2 aliphatic rings. The number of hydrogen-bond acceptors (Lipinski definition) is 5. The summed E-state index contributed by atoms with van der Waals surface area (Å²) >= 11 is 1.83. The number of thioether (sulfide) groups is 1. The maximum absolute atomic E-state index is 12.9. The van der Waals surface area contributed by atoms with Crippen LogP contribution in [-0.2, 0) is 4.79 Å². The van der Waals surface area contributed by atoms with E-state index in [0.717, 1.165) is 43.6 Å². The zero-order valence-electron chi connectivity index (χ0n) is 18.4. The number of nitrogens with zero attached hydrogens (tertiary/aromatic N) is 1. The van der Waals surface area contributed by atoms with Gasteiger partial charge in [0.1, 0.15) is 5.75 Å². The third-order valence-corrected chi connectivity index (χ3v) is 7.59. The molecule has 2 saturated heterocycles. The Morgan fingerprint density at radius 2 is 1.97 bits per heavy atom. The molecule has 2 aliphatic heterocycles. The van der Waals surface area contributed by atoms with Crippen molar-refractivity contribution in [3.8, 4) is 5.75 Å². The van der Waals surface area contributed by atoms with Crippen LogP contribution in [0.2, 0.25) is 0 Å². The van der Waals surface area contributed by atoms with E-state index in [1.165, 1.54) is 0 Å². The number of piperidine rings is 1.